The van der Waals surface area contributed by atoms with Gasteiger partial charge in [-0.25, -0.2) is 15.6 Å². The fourth-order valence-electron chi connectivity index (χ4n) is 4.49. The summed E-state index contributed by atoms with van der Waals surface area (Å²) in [4.78, 5) is 29.1. The number of hydrogen-bond donors (Lipinski definition) is 3. The molecule has 2 unspecified atom stereocenters. The van der Waals surface area contributed by atoms with Gasteiger partial charge in [-0.2, -0.15) is 0 Å². The van der Waals surface area contributed by atoms with Gasteiger partial charge >= 0.3 is 6.03 Å². The molecular weight excluding hydrogens is 354 g/mol. The molecule has 1 aromatic rings. The molecule has 2 atom stereocenters. The van der Waals surface area contributed by atoms with Crippen molar-refractivity contribution in [2.24, 2.45) is 0 Å². The van der Waals surface area contributed by atoms with Gasteiger partial charge in [-0.1, -0.05) is 49.6 Å². The Labute approximate surface area is 166 Å². The van der Waals surface area contributed by atoms with Gasteiger partial charge in [-0.05, 0) is 24.8 Å². The Hall–Kier alpha value is -2.12. The molecule has 2 heterocycles. The summed E-state index contributed by atoms with van der Waals surface area (Å²) in [5, 5.41) is 3.17. The van der Waals surface area contributed by atoms with Crippen LogP contribution in [0.2, 0.25) is 0 Å². The van der Waals surface area contributed by atoms with E-state index in [4.69, 9.17) is 0 Å². The normalized spacial score (nSPS) is 26.3. The van der Waals surface area contributed by atoms with Crippen LogP contribution in [0.15, 0.2) is 30.3 Å². The van der Waals surface area contributed by atoms with Crippen LogP contribution in [0.3, 0.4) is 0 Å². The van der Waals surface area contributed by atoms with Crippen molar-refractivity contribution in [2.45, 2.75) is 56.7 Å². The lowest BCUT2D eigenvalue weighted by atomic mass is 9.96. The molecule has 152 valence electrons. The Morgan fingerprint density at radius 2 is 1.57 bits per heavy atom. The van der Waals surface area contributed by atoms with E-state index in [1.54, 1.807) is 0 Å². The first-order chi connectivity index (χ1) is 13.7. The molecule has 1 aliphatic carbocycles. The van der Waals surface area contributed by atoms with Gasteiger partial charge in [0, 0.05) is 38.3 Å². The Morgan fingerprint density at radius 3 is 2.29 bits per heavy atom. The van der Waals surface area contributed by atoms with Crippen molar-refractivity contribution < 1.29 is 9.59 Å². The van der Waals surface area contributed by atoms with Gasteiger partial charge < -0.3 is 15.1 Å². The van der Waals surface area contributed by atoms with Gasteiger partial charge in [0.25, 0.3) is 0 Å². The number of carbonyl (C=O) groups excluding carboxylic acids is 2. The van der Waals surface area contributed by atoms with E-state index in [1.807, 2.05) is 28.0 Å². The predicted octanol–water partition coefficient (Wildman–Crippen LogP) is 1.78. The molecule has 7 heteroatoms. The first-order valence-corrected chi connectivity index (χ1v) is 10.6. The highest BCUT2D eigenvalue weighted by molar-refractivity contribution is 5.83. The lowest BCUT2D eigenvalue weighted by Gasteiger charge is -2.36. The summed E-state index contributed by atoms with van der Waals surface area (Å²) >= 11 is 0. The van der Waals surface area contributed by atoms with Crippen molar-refractivity contribution in [3.8, 4) is 0 Å². The van der Waals surface area contributed by atoms with Gasteiger partial charge in [0.15, 0.2) is 0 Å². The number of nitrogens with one attached hydrogen (secondary N) is 3. The highest BCUT2D eigenvalue weighted by atomic mass is 16.2. The highest BCUT2D eigenvalue weighted by Crippen LogP contribution is 2.23. The van der Waals surface area contributed by atoms with Gasteiger partial charge in [0.2, 0.25) is 5.91 Å². The fourth-order valence-corrected chi connectivity index (χ4v) is 4.49. The van der Waals surface area contributed by atoms with Crippen molar-refractivity contribution in [3.63, 3.8) is 0 Å². The van der Waals surface area contributed by atoms with E-state index in [0.29, 0.717) is 32.2 Å². The van der Waals surface area contributed by atoms with Crippen LogP contribution in [-0.2, 0) is 4.79 Å². The number of benzene rings is 1. The molecule has 1 aromatic carbocycles. The summed E-state index contributed by atoms with van der Waals surface area (Å²) in [6.07, 6.45) is 6.62. The zero-order chi connectivity index (χ0) is 19.3. The van der Waals surface area contributed by atoms with Gasteiger partial charge in [-0.3, -0.25) is 4.79 Å². The molecule has 4 rings (SSSR count). The number of carbonyl (C=O) groups is 2. The minimum Gasteiger partial charge on any atom is -0.338 e. The Balaban J connectivity index is 1.23. The molecule has 0 bridgehead atoms. The van der Waals surface area contributed by atoms with Crippen molar-refractivity contribution >= 4 is 11.9 Å². The third-order valence-electron chi connectivity index (χ3n) is 6.21. The Bertz CT molecular complexity index is 669. The van der Waals surface area contributed by atoms with E-state index in [2.05, 4.69) is 28.3 Å². The van der Waals surface area contributed by atoms with Crippen LogP contribution in [0, 0.1) is 0 Å². The molecular formula is C21H31N5O2. The monoisotopic (exact) mass is 385 g/mol. The van der Waals surface area contributed by atoms with Gasteiger partial charge in [0.05, 0.1) is 0 Å². The molecule has 3 N–H and O–H groups in total. The molecule has 0 spiro atoms. The minimum atomic E-state index is -0.215. The maximum absolute atomic E-state index is 12.9. The molecule has 3 aliphatic rings. The lowest BCUT2D eigenvalue weighted by Crippen LogP contribution is -2.57. The van der Waals surface area contributed by atoms with E-state index < -0.39 is 0 Å². The summed E-state index contributed by atoms with van der Waals surface area (Å²) in [6, 6.07) is 10.5. The fraction of sp³-hybridized carbons (Fsp3) is 0.619. The Morgan fingerprint density at radius 1 is 0.893 bits per heavy atom. The average molecular weight is 386 g/mol. The number of nitrogens with zero attached hydrogens (tertiary/aromatic N) is 2. The van der Waals surface area contributed by atoms with Crippen molar-refractivity contribution in [2.75, 3.05) is 26.2 Å². The number of hydrazine groups is 1. The van der Waals surface area contributed by atoms with Crippen LogP contribution in [-0.4, -0.2) is 60.0 Å². The maximum atomic E-state index is 12.9. The van der Waals surface area contributed by atoms with E-state index >= 15 is 0 Å². The third kappa shape index (κ3) is 4.47. The van der Waals surface area contributed by atoms with Crippen LogP contribution in [0.25, 0.3) is 0 Å². The SMILES string of the molecule is O=C(NC1CCCCC1)N1CCN(C(=O)C2CC(c3ccccc3)NN2)CC1. The molecule has 2 saturated heterocycles. The largest absolute Gasteiger partial charge is 0.338 e. The topological polar surface area (TPSA) is 76.7 Å². The van der Waals surface area contributed by atoms with E-state index in [0.717, 1.165) is 19.3 Å². The maximum Gasteiger partial charge on any atom is 0.317 e. The molecule has 3 amide bonds. The number of amides is 3. The first kappa shape index (κ1) is 19.2. The Kier molecular flexibility index (Phi) is 6.12. The second kappa shape index (κ2) is 8.92. The molecule has 0 aromatic heterocycles. The zero-order valence-corrected chi connectivity index (χ0v) is 16.4. The molecule has 3 fully saturated rings. The van der Waals surface area contributed by atoms with Crippen molar-refractivity contribution in [1.29, 1.82) is 0 Å². The summed E-state index contributed by atoms with van der Waals surface area (Å²) in [5.41, 5.74) is 7.59. The van der Waals surface area contributed by atoms with Crippen LogP contribution in [0.4, 0.5) is 4.79 Å². The molecule has 0 radical (unpaired) electrons. The van der Waals surface area contributed by atoms with E-state index in [9.17, 15) is 9.59 Å². The third-order valence-corrected chi connectivity index (χ3v) is 6.21. The van der Waals surface area contributed by atoms with Crippen LogP contribution >= 0.6 is 0 Å². The van der Waals surface area contributed by atoms with E-state index in [-0.39, 0.29) is 24.0 Å². The van der Waals surface area contributed by atoms with Gasteiger partial charge in [-0.15, -0.1) is 0 Å². The van der Waals surface area contributed by atoms with Crippen LogP contribution in [0.5, 0.6) is 0 Å². The summed E-state index contributed by atoms with van der Waals surface area (Å²) < 4.78 is 0. The highest BCUT2D eigenvalue weighted by Gasteiger charge is 2.34. The van der Waals surface area contributed by atoms with Gasteiger partial charge in [0.1, 0.15) is 6.04 Å². The lowest BCUT2D eigenvalue weighted by molar-refractivity contribution is -0.134. The number of urea groups is 1. The second-order valence-electron chi connectivity index (χ2n) is 8.14. The number of piperazine rings is 1. The quantitative estimate of drug-likeness (QED) is 0.741. The molecule has 28 heavy (non-hydrogen) atoms. The average Bonchev–Trinajstić information content (AvgIpc) is 3.25. The molecule has 2 aliphatic heterocycles. The number of rotatable bonds is 3. The van der Waals surface area contributed by atoms with Crippen LogP contribution in [0.1, 0.15) is 50.1 Å². The molecule has 7 nitrogen and oxygen atoms in total. The van der Waals surface area contributed by atoms with Crippen molar-refractivity contribution in [1.82, 2.24) is 26.0 Å². The zero-order valence-electron chi connectivity index (χ0n) is 16.4. The van der Waals surface area contributed by atoms with E-state index in [1.165, 1.54) is 24.8 Å². The van der Waals surface area contributed by atoms with Crippen molar-refractivity contribution in [3.05, 3.63) is 35.9 Å². The minimum absolute atomic E-state index is 0.0313. The van der Waals surface area contributed by atoms with Crippen LogP contribution < -0.4 is 16.2 Å². The standard InChI is InChI=1S/C21H31N5O2/c27-20(19-15-18(23-24-19)16-7-3-1-4-8-16)25-11-13-26(14-12-25)21(28)22-17-9-5-2-6-10-17/h1,3-4,7-8,17-19,23-24H,2,5-6,9-15H2,(H,22,28). The predicted molar refractivity (Wildman–Crippen MR) is 107 cm³/mol. The smallest absolute Gasteiger partial charge is 0.317 e. The number of hydrogen-bond acceptors (Lipinski definition) is 4. The summed E-state index contributed by atoms with van der Waals surface area (Å²) in [6.45, 7) is 2.41. The summed E-state index contributed by atoms with van der Waals surface area (Å²) in [5.74, 6) is 0.123. The first-order valence-electron chi connectivity index (χ1n) is 10.6. The molecule has 1 saturated carbocycles. The second-order valence-corrected chi connectivity index (χ2v) is 8.14. The summed E-state index contributed by atoms with van der Waals surface area (Å²) in [7, 11) is 0.